The van der Waals surface area contributed by atoms with E-state index >= 15 is 0 Å². The van der Waals surface area contributed by atoms with Crippen molar-refractivity contribution in [2.24, 2.45) is 0 Å². The molecule has 3 aromatic carbocycles. The Labute approximate surface area is 330 Å². The van der Waals surface area contributed by atoms with Gasteiger partial charge in [-0.05, 0) is 53.9 Å². The normalized spacial score (nSPS) is 11.3. The lowest BCUT2D eigenvalue weighted by Crippen LogP contribution is -2.09. The summed E-state index contributed by atoms with van der Waals surface area (Å²) in [6.07, 6.45) is -1.38. The maximum atomic E-state index is 13.2. The number of ether oxygens (including phenoxy) is 1. The lowest BCUT2D eigenvalue weighted by Gasteiger charge is -2.11. The van der Waals surface area contributed by atoms with Crippen LogP contribution in [0.15, 0.2) is 121 Å². The summed E-state index contributed by atoms with van der Waals surface area (Å²) in [5, 5.41) is 27.2. The van der Waals surface area contributed by atoms with Crippen LogP contribution < -0.4 is 15.4 Å². The maximum absolute atomic E-state index is 13.2. The number of hydrogen-bond donors (Lipinski definition) is 2. The van der Waals surface area contributed by atoms with Crippen molar-refractivity contribution >= 4 is 113 Å². The highest BCUT2D eigenvalue weighted by atomic mass is 35.5. The third-order valence-corrected chi connectivity index (χ3v) is 12.2. The van der Waals surface area contributed by atoms with Crippen molar-refractivity contribution in [1.29, 1.82) is 0 Å². The first-order chi connectivity index (χ1) is 26.1. The number of alkyl halides is 3. The van der Waals surface area contributed by atoms with E-state index in [2.05, 4.69) is 41.0 Å². The average molecular weight is 839 g/mol. The van der Waals surface area contributed by atoms with Gasteiger partial charge in [0.25, 0.3) is 5.91 Å². The maximum Gasteiger partial charge on any atom is 0.418 e. The van der Waals surface area contributed by atoms with Gasteiger partial charge in [0, 0.05) is 49.7 Å². The Hall–Kier alpha value is -4.85. The molecule has 0 aliphatic heterocycles. The molecule has 19 heteroatoms. The van der Waals surface area contributed by atoms with Gasteiger partial charge in [-0.1, -0.05) is 88.1 Å². The van der Waals surface area contributed by atoms with E-state index in [1.807, 2.05) is 48.5 Å². The molecule has 5 heterocycles. The molecule has 10 nitrogen and oxygen atoms in total. The van der Waals surface area contributed by atoms with Crippen LogP contribution in [0.1, 0.15) is 15.2 Å². The smallest absolute Gasteiger partial charge is 0.418 e. The van der Waals surface area contributed by atoms with Crippen molar-refractivity contribution in [3.8, 4) is 5.75 Å². The molecule has 0 saturated heterocycles. The van der Waals surface area contributed by atoms with Crippen LogP contribution >= 0.6 is 69.1 Å². The zero-order valence-electron chi connectivity index (χ0n) is 27.4. The molecule has 0 atom stereocenters. The zero-order valence-corrected chi connectivity index (χ0v) is 32.2. The topological polar surface area (TPSA) is 128 Å². The highest BCUT2D eigenvalue weighted by Crippen LogP contribution is 2.40. The standard InChI is InChI=1S/C18H13ClN4OS2.C17H9F3N4OS3/c1-24-13-4-2-3-12(10-13)21-17-22-23-18(26-17)25-16-7-8-20-15-9-11(19)5-6-14(15)16;18-17(19,20)10-4-1-3-9-11(6-7-21-13(9)10)27-16-24-23-15(28-16)22-14(25)12-5-2-8-26-12/h2-10H,1H3,(H,21,22);1-8H,(H,22,23,25). The minimum atomic E-state index is -4.49. The van der Waals surface area contributed by atoms with Crippen LogP contribution in [0.2, 0.25) is 5.02 Å². The summed E-state index contributed by atoms with van der Waals surface area (Å²) < 4.78 is 46.2. The number of thiophene rings is 1. The van der Waals surface area contributed by atoms with E-state index in [1.165, 1.54) is 46.7 Å². The number of methoxy groups -OCH3 is 1. The summed E-state index contributed by atoms with van der Waals surface area (Å²) in [5.74, 6) is 0.503. The number of fused-ring (bicyclic) bond motifs is 2. The van der Waals surface area contributed by atoms with Crippen molar-refractivity contribution in [3.05, 3.63) is 118 Å². The fourth-order valence-electron chi connectivity index (χ4n) is 4.83. The number of benzene rings is 3. The number of pyridine rings is 2. The number of amides is 1. The number of hydrogen-bond acceptors (Lipinski definition) is 14. The monoisotopic (exact) mass is 838 g/mol. The van der Waals surface area contributed by atoms with Gasteiger partial charge >= 0.3 is 6.18 Å². The molecule has 0 aliphatic carbocycles. The highest BCUT2D eigenvalue weighted by Gasteiger charge is 2.33. The first kappa shape index (κ1) is 37.5. The summed E-state index contributed by atoms with van der Waals surface area (Å²) in [7, 11) is 1.64. The molecule has 0 aliphatic rings. The number of nitrogens with one attached hydrogen (secondary N) is 2. The summed E-state index contributed by atoms with van der Waals surface area (Å²) in [5.41, 5.74) is 0.868. The summed E-state index contributed by atoms with van der Waals surface area (Å²) in [6, 6.07) is 24.4. The van der Waals surface area contributed by atoms with Crippen LogP contribution in [0.25, 0.3) is 21.8 Å². The number of carbonyl (C=O) groups excluding carboxylic acids is 1. The van der Waals surface area contributed by atoms with Gasteiger partial charge in [-0.2, -0.15) is 13.2 Å². The predicted molar refractivity (Wildman–Crippen MR) is 210 cm³/mol. The van der Waals surface area contributed by atoms with Gasteiger partial charge in [0.2, 0.25) is 10.3 Å². The van der Waals surface area contributed by atoms with E-state index < -0.39 is 11.7 Å². The molecule has 0 radical (unpaired) electrons. The van der Waals surface area contributed by atoms with E-state index in [0.29, 0.717) is 29.7 Å². The van der Waals surface area contributed by atoms with Crippen LogP contribution in [0.3, 0.4) is 0 Å². The molecule has 1 amide bonds. The number of carbonyl (C=O) groups is 1. The van der Waals surface area contributed by atoms with E-state index in [-0.39, 0.29) is 11.4 Å². The van der Waals surface area contributed by atoms with Crippen molar-refractivity contribution in [1.82, 2.24) is 30.4 Å². The predicted octanol–water partition coefficient (Wildman–Crippen LogP) is 11.2. The molecule has 0 unspecified atom stereocenters. The van der Waals surface area contributed by atoms with Crippen LogP contribution in [0.4, 0.5) is 29.1 Å². The molecule has 0 bridgehead atoms. The Morgan fingerprint density at radius 1 is 0.796 bits per heavy atom. The van der Waals surface area contributed by atoms with Crippen molar-refractivity contribution < 1.29 is 22.7 Å². The highest BCUT2D eigenvalue weighted by molar-refractivity contribution is 8.01. The summed E-state index contributed by atoms with van der Waals surface area (Å²) in [4.78, 5) is 22.5. The second kappa shape index (κ2) is 16.7. The first-order valence-electron chi connectivity index (χ1n) is 15.4. The van der Waals surface area contributed by atoms with Gasteiger partial charge in [-0.25, -0.2) is 0 Å². The molecule has 54 heavy (non-hydrogen) atoms. The Morgan fingerprint density at radius 3 is 2.26 bits per heavy atom. The van der Waals surface area contributed by atoms with Crippen LogP contribution in [0.5, 0.6) is 5.75 Å². The molecule has 0 fully saturated rings. The molecule has 0 saturated carbocycles. The lowest BCUT2D eigenvalue weighted by molar-refractivity contribution is -0.136. The van der Waals surface area contributed by atoms with Crippen LogP contribution in [-0.4, -0.2) is 43.4 Å². The van der Waals surface area contributed by atoms with Gasteiger partial charge in [-0.15, -0.1) is 31.7 Å². The van der Waals surface area contributed by atoms with Crippen molar-refractivity contribution in [2.75, 3.05) is 17.7 Å². The van der Waals surface area contributed by atoms with E-state index in [9.17, 15) is 18.0 Å². The third-order valence-electron chi connectivity index (χ3n) is 7.20. The van der Waals surface area contributed by atoms with Gasteiger partial charge < -0.3 is 10.1 Å². The molecular weight excluding hydrogens is 817 g/mol. The number of aromatic nitrogens is 6. The number of halogens is 4. The fourth-order valence-corrected chi connectivity index (χ4v) is 9.29. The Balaban J connectivity index is 0.000000167. The Bertz CT molecular complexity index is 2570. The fraction of sp³-hybridized carbons (Fsp3) is 0.0571. The first-order valence-corrected chi connectivity index (χ1v) is 19.9. The molecule has 2 N–H and O–H groups in total. The Morgan fingerprint density at radius 2 is 1.52 bits per heavy atom. The number of anilines is 3. The van der Waals surface area contributed by atoms with Gasteiger partial charge in [-0.3, -0.25) is 20.1 Å². The third kappa shape index (κ3) is 9.08. The second-order valence-corrected chi connectivity index (χ2v) is 16.6. The summed E-state index contributed by atoms with van der Waals surface area (Å²) in [6.45, 7) is 0. The number of nitrogens with zero attached hydrogens (tertiary/aromatic N) is 6. The average Bonchev–Trinajstić information content (AvgIpc) is 3.95. The lowest BCUT2D eigenvalue weighted by atomic mass is 10.1. The molecule has 5 aromatic heterocycles. The SMILES string of the molecule is COc1cccc(Nc2nnc(Sc3ccnc4cc(Cl)ccc34)s2)c1.O=C(Nc1nnc(Sc2ccnc3c(C(F)(F)F)cccc23)s1)c1cccs1. The van der Waals surface area contributed by atoms with E-state index in [1.54, 1.807) is 54.7 Å². The second-order valence-electron chi connectivity index (χ2n) is 10.7. The zero-order chi connectivity index (χ0) is 37.7. The minimum Gasteiger partial charge on any atom is -0.497 e. The minimum absolute atomic E-state index is 0.115. The molecule has 8 aromatic rings. The van der Waals surface area contributed by atoms with Crippen molar-refractivity contribution in [2.45, 2.75) is 24.6 Å². The molecular formula is C35H22ClF3N8O2S5. The van der Waals surface area contributed by atoms with Gasteiger partial charge in [0.05, 0.1) is 28.6 Å². The Kier molecular flexibility index (Phi) is 11.6. The largest absolute Gasteiger partial charge is 0.497 e. The number of para-hydroxylation sites is 1. The molecule has 8 rings (SSSR count). The summed E-state index contributed by atoms with van der Waals surface area (Å²) >= 11 is 12.7. The quantitative estimate of drug-likeness (QED) is 0.135. The van der Waals surface area contributed by atoms with Crippen molar-refractivity contribution in [3.63, 3.8) is 0 Å². The number of rotatable bonds is 9. The van der Waals surface area contributed by atoms with Gasteiger partial charge in [0.15, 0.2) is 8.68 Å². The van der Waals surface area contributed by atoms with E-state index in [0.717, 1.165) is 54.1 Å². The van der Waals surface area contributed by atoms with E-state index in [4.69, 9.17) is 16.3 Å². The van der Waals surface area contributed by atoms with Gasteiger partial charge in [0.1, 0.15) is 5.75 Å². The molecule has 272 valence electrons. The van der Waals surface area contributed by atoms with Crippen LogP contribution in [0, 0.1) is 0 Å². The molecule has 0 spiro atoms. The van der Waals surface area contributed by atoms with Crippen LogP contribution in [-0.2, 0) is 6.18 Å².